The van der Waals surface area contributed by atoms with Crippen molar-refractivity contribution >= 4 is 0 Å². The topological polar surface area (TPSA) is 15.3 Å². The van der Waals surface area contributed by atoms with Gasteiger partial charge in [-0.15, -0.1) is 0 Å². The number of nitrogens with zero attached hydrogens (tertiary/aromatic N) is 1. The molecule has 0 aromatic heterocycles. The minimum atomic E-state index is -2.48. The molecule has 0 spiro atoms. The summed E-state index contributed by atoms with van der Waals surface area (Å²) in [7, 11) is 1.77. The molecule has 0 bridgehead atoms. The minimum absolute atomic E-state index is 0.00236. The van der Waals surface area contributed by atoms with E-state index in [0.29, 0.717) is 6.67 Å². The van der Waals surface area contributed by atoms with Crippen molar-refractivity contribution < 1.29 is 8.78 Å². The molecule has 1 heterocycles. The lowest BCUT2D eigenvalue weighted by Gasteiger charge is -2.18. The summed E-state index contributed by atoms with van der Waals surface area (Å²) in [5, 5.41) is 2.87. The highest BCUT2D eigenvalue weighted by molar-refractivity contribution is 4.87. The molecule has 0 saturated carbocycles. The van der Waals surface area contributed by atoms with Crippen LogP contribution < -0.4 is 5.32 Å². The fourth-order valence-corrected chi connectivity index (χ4v) is 1.49. The summed E-state index contributed by atoms with van der Waals surface area (Å²) in [5.41, 5.74) is 0. The highest BCUT2D eigenvalue weighted by Crippen LogP contribution is 2.30. The Morgan fingerprint density at radius 2 is 2.27 bits per heavy atom. The Kier molecular flexibility index (Phi) is 2.44. The maximum Gasteiger partial charge on any atom is 0.262 e. The maximum atomic E-state index is 12.7. The molecule has 0 radical (unpaired) electrons. The normalized spacial score (nSPS) is 31.1. The van der Waals surface area contributed by atoms with Gasteiger partial charge in [0, 0.05) is 19.1 Å². The average Bonchev–Trinajstić information content (AvgIpc) is 2.07. The second-order valence-corrected chi connectivity index (χ2v) is 3.17. The molecular formula is C7H14F2N2. The molecule has 1 saturated heterocycles. The van der Waals surface area contributed by atoms with Gasteiger partial charge in [0.2, 0.25) is 0 Å². The van der Waals surface area contributed by atoms with Crippen LogP contribution in [0.1, 0.15) is 13.3 Å². The van der Waals surface area contributed by atoms with E-state index in [1.165, 1.54) is 0 Å². The third-order valence-corrected chi connectivity index (χ3v) is 2.01. The van der Waals surface area contributed by atoms with E-state index in [-0.39, 0.29) is 19.0 Å². The molecule has 1 atom stereocenters. The van der Waals surface area contributed by atoms with Crippen molar-refractivity contribution in [2.45, 2.75) is 25.3 Å². The van der Waals surface area contributed by atoms with Gasteiger partial charge in [0.1, 0.15) is 0 Å². The molecule has 1 N–H and O–H groups in total. The first-order valence-corrected chi connectivity index (χ1v) is 3.81. The molecular weight excluding hydrogens is 150 g/mol. The quantitative estimate of drug-likeness (QED) is 0.652. The van der Waals surface area contributed by atoms with Crippen molar-refractivity contribution in [3.05, 3.63) is 0 Å². The van der Waals surface area contributed by atoms with Gasteiger partial charge in [0.05, 0.1) is 6.54 Å². The molecule has 1 rings (SSSR count). The van der Waals surface area contributed by atoms with Crippen molar-refractivity contribution in [1.82, 2.24) is 10.2 Å². The van der Waals surface area contributed by atoms with E-state index < -0.39 is 5.92 Å². The van der Waals surface area contributed by atoms with Gasteiger partial charge in [-0.25, -0.2) is 8.78 Å². The molecule has 1 fully saturated rings. The van der Waals surface area contributed by atoms with E-state index in [2.05, 4.69) is 5.32 Å². The van der Waals surface area contributed by atoms with Gasteiger partial charge in [-0.3, -0.25) is 4.90 Å². The molecule has 11 heavy (non-hydrogen) atoms. The van der Waals surface area contributed by atoms with Crippen LogP contribution in [-0.4, -0.2) is 37.1 Å². The third-order valence-electron chi connectivity index (χ3n) is 2.01. The van der Waals surface area contributed by atoms with Gasteiger partial charge < -0.3 is 5.32 Å². The van der Waals surface area contributed by atoms with Crippen LogP contribution in [0.15, 0.2) is 0 Å². The van der Waals surface area contributed by atoms with Gasteiger partial charge in [-0.05, 0) is 14.0 Å². The average molecular weight is 164 g/mol. The molecule has 1 unspecified atom stereocenters. The number of likely N-dealkylation sites (tertiary alicyclic amines) is 1. The zero-order valence-electron chi connectivity index (χ0n) is 6.90. The second kappa shape index (κ2) is 3.03. The standard InChI is InChI=1S/C7H14F2N2/c1-6-3-7(8,9)4-11(6)5-10-2/h6,10H,3-5H2,1-2H3. The lowest BCUT2D eigenvalue weighted by Crippen LogP contribution is -2.35. The van der Waals surface area contributed by atoms with Crippen LogP contribution in [0.2, 0.25) is 0 Å². The van der Waals surface area contributed by atoms with Gasteiger partial charge >= 0.3 is 0 Å². The smallest absolute Gasteiger partial charge is 0.262 e. The lowest BCUT2D eigenvalue weighted by molar-refractivity contribution is 0.0116. The summed E-state index contributed by atoms with van der Waals surface area (Å²) in [6.07, 6.45) is -0.00528. The minimum Gasteiger partial charge on any atom is -0.307 e. The first-order valence-electron chi connectivity index (χ1n) is 3.81. The molecule has 1 aliphatic heterocycles. The highest BCUT2D eigenvalue weighted by Gasteiger charge is 2.42. The fraction of sp³-hybridized carbons (Fsp3) is 1.00. The van der Waals surface area contributed by atoms with Gasteiger partial charge in [0.15, 0.2) is 0 Å². The van der Waals surface area contributed by atoms with Gasteiger partial charge in [-0.2, -0.15) is 0 Å². The van der Waals surface area contributed by atoms with Crippen LogP contribution in [0, 0.1) is 0 Å². The predicted molar refractivity (Wildman–Crippen MR) is 39.7 cm³/mol. The third kappa shape index (κ3) is 2.10. The van der Waals surface area contributed by atoms with E-state index in [0.717, 1.165) is 0 Å². The first kappa shape index (κ1) is 8.87. The monoisotopic (exact) mass is 164 g/mol. The summed E-state index contributed by atoms with van der Waals surface area (Å²) in [6.45, 7) is 2.28. The molecule has 4 heteroatoms. The Bertz CT molecular complexity index is 138. The molecule has 2 nitrogen and oxygen atoms in total. The van der Waals surface area contributed by atoms with Crippen LogP contribution in [0.25, 0.3) is 0 Å². The van der Waals surface area contributed by atoms with E-state index in [4.69, 9.17) is 0 Å². The van der Waals surface area contributed by atoms with E-state index in [9.17, 15) is 8.78 Å². The van der Waals surface area contributed by atoms with E-state index in [1.807, 2.05) is 6.92 Å². The van der Waals surface area contributed by atoms with Crippen molar-refractivity contribution in [2.24, 2.45) is 0 Å². The zero-order valence-corrected chi connectivity index (χ0v) is 6.90. The van der Waals surface area contributed by atoms with Gasteiger partial charge in [0.25, 0.3) is 5.92 Å². The Hall–Kier alpha value is -0.220. The number of halogens is 2. The Balaban J connectivity index is 2.45. The van der Waals surface area contributed by atoms with Crippen LogP contribution in [-0.2, 0) is 0 Å². The summed E-state index contributed by atoms with van der Waals surface area (Å²) < 4.78 is 25.4. The number of hydrogen-bond acceptors (Lipinski definition) is 2. The largest absolute Gasteiger partial charge is 0.307 e. The summed E-state index contributed by atoms with van der Waals surface area (Å²) in [6, 6.07) is -0.00236. The molecule has 0 aliphatic carbocycles. The Morgan fingerprint density at radius 1 is 1.64 bits per heavy atom. The van der Waals surface area contributed by atoms with E-state index >= 15 is 0 Å². The summed E-state index contributed by atoms with van der Waals surface area (Å²) >= 11 is 0. The predicted octanol–water partition coefficient (Wildman–Crippen LogP) is 0.893. The van der Waals surface area contributed by atoms with Crippen LogP contribution in [0.5, 0.6) is 0 Å². The van der Waals surface area contributed by atoms with Crippen molar-refractivity contribution in [3.8, 4) is 0 Å². The zero-order chi connectivity index (χ0) is 8.48. The fourth-order valence-electron chi connectivity index (χ4n) is 1.49. The van der Waals surface area contributed by atoms with Crippen LogP contribution in [0.3, 0.4) is 0 Å². The number of nitrogens with one attached hydrogen (secondary N) is 1. The van der Waals surface area contributed by atoms with Crippen molar-refractivity contribution in [1.29, 1.82) is 0 Å². The van der Waals surface area contributed by atoms with Crippen LogP contribution >= 0.6 is 0 Å². The SMILES string of the molecule is CNCN1CC(F)(F)CC1C. The van der Waals surface area contributed by atoms with Gasteiger partial charge in [-0.1, -0.05) is 0 Å². The first-order chi connectivity index (χ1) is 5.05. The molecule has 0 aromatic rings. The second-order valence-electron chi connectivity index (χ2n) is 3.17. The van der Waals surface area contributed by atoms with E-state index in [1.54, 1.807) is 11.9 Å². The molecule has 0 aromatic carbocycles. The Morgan fingerprint density at radius 3 is 2.64 bits per heavy atom. The lowest BCUT2D eigenvalue weighted by atomic mass is 10.2. The number of rotatable bonds is 2. The van der Waals surface area contributed by atoms with Crippen LogP contribution in [0.4, 0.5) is 8.78 Å². The van der Waals surface area contributed by atoms with Crippen molar-refractivity contribution in [2.75, 3.05) is 20.3 Å². The molecule has 1 aliphatic rings. The maximum absolute atomic E-state index is 12.7. The molecule has 0 amide bonds. The molecule has 66 valence electrons. The number of alkyl halides is 2. The highest BCUT2D eigenvalue weighted by atomic mass is 19.3. The van der Waals surface area contributed by atoms with Crippen molar-refractivity contribution in [3.63, 3.8) is 0 Å². The summed E-state index contributed by atoms with van der Waals surface area (Å²) in [5.74, 6) is -2.48. The summed E-state index contributed by atoms with van der Waals surface area (Å²) in [4.78, 5) is 1.75. The Labute approximate surface area is 65.6 Å². The number of hydrogen-bond donors (Lipinski definition) is 1.